The number of fused-ring (bicyclic) bond motifs is 1. The van der Waals surface area contributed by atoms with Crippen LogP contribution in [-0.2, 0) is 13.0 Å². The molecule has 1 aliphatic heterocycles. The largest absolute Gasteiger partial charge is 0.340 e. The average Bonchev–Trinajstić information content (AvgIpc) is 2.75. The van der Waals surface area contributed by atoms with Crippen molar-refractivity contribution in [3.8, 4) is 0 Å². The number of benzene rings is 1. The van der Waals surface area contributed by atoms with Crippen LogP contribution in [-0.4, -0.2) is 15.2 Å². The Morgan fingerprint density at radius 2 is 2.06 bits per heavy atom. The molecular formula is C11H12N4O. The Balaban J connectivity index is 1.90. The fraction of sp³-hybridized carbons (Fsp3) is 0.273. The maximum atomic E-state index is 11.0. The van der Waals surface area contributed by atoms with Gasteiger partial charge in [-0.25, -0.2) is 9.89 Å². The second kappa shape index (κ2) is 3.61. The van der Waals surface area contributed by atoms with E-state index in [1.54, 1.807) is 0 Å². The van der Waals surface area contributed by atoms with Crippen molar-refractivity contribution in [1.29, 1.82) is 0 Å². The van der Waals surface area contributed by atoms with Crippen LogP contribution >= 0.6 is 0 Å². The summed E-state index contributed by atoms with van der Waals surface area (Å²) in [5.41, 5.74) is 2.38. The van der Waals surface area contributed by atoms with Gasteiger partial charge in [-0.15, -0.1) is 0 Å². The van der Waals surface area contributed by atoms with Crippen LogP contribution in [0.3, 0.4) is 0 Å². The van der Waals surface area contributed by atoms with E-state index < -0.39 is 0 Å². The maximum Gasteiger partial charge on any atom is 0.340 e. The fourth-order valence-corrected chi connectivity index (χ4v) is 2.10. The molecule has 1 aromatic carbocycles. The maximum absolute atomic E-state index is 11.0. The first-order valence-electron chi connectivity index (χ1n) is 5.27. The van der Waals surface area contributed by atoms with Gasteiger partial charge in [0, 0.05) is 6.54 Å². The average molecular weight is 216 g/mol. The summed E-state index contributed by atoms with van der Waals surface area (Å²) in [5.74, 6) is 0.680. The molecule has 0 fully saturated rings. The monoisotopic (exact) mass is 216 g/mol. The van der Waals surface area contributed by atoms with Gasteiger partial charge in [-0.05, 0) is 17.5 Å². The summed E-state index contributed by atoms with van der Waals surface area (Å²) < 4.78 is 0. The van der Waals surface area contributed by atoms with Gasteiger partial charge in [-0.1, -0.05) is 24.3 Å². The molecule has 0 unspecified atom stereocenters. The van der Waals surface area contributed by atoms with Crippen molar-refractivity contribution in [3.05, 3.63) is 51.7 Å². The summed E-state index contributed by atoms with van der Waals surface area (Å²) in [6.07, 6.45) is 0.858. The van der Waals surface area contributed by atoms with Gasteiger partial charge in [0.15, 0.2) is 0 Å². The van der Waals surface area contributed by atoms with Gasteiger partial charge < -0.3 is 5.32 Å². The Kier molecular flexibility index (Phi) is 2.11. The highest BCUT2D eigenvalue weighted by molar-refractivity contribution is 5.30. The number of aromatic amines is 2. The van der Waals surface area contributed by atoms with Crippen LogP contribution in [0, 0.1) is 0 Å². The summed E-state index contributed by atoms with van der Waals surface area (Å²) in [7, 11) is 0. The first-order chi connectivity index (χ1) is 7.83. The third kappa shape index (κ3) is 1.55. The predicted octanol–water partition coefficient (Wildman–Crippen LogP) is 0.485. The number of hydrogen-bond donors (Lipinski definition) is 3. The van der Waals surface area contributed by atoms with Crippen molar-refractivity contribution in [3.63, 3.8) is 0 Å². The van der Waals surface area contributed by atoms with Crippen LogP contribution in [0.15, 0.2) is 29.1 Å². The molecular weight excluding hydrogens is 204 g/mol. The lowest BCUT2D eigenvalue weighted by Gasteiger charge is -2.24. The number of hydrogen-bond acceptors (Lipinski definition) is 3. The zero-order chi connectivity index (χ0) is 11.0. The minimum absolute atomic E-state index is 0.0915. The van der Waals surface area contributed by atoms with E-state index in [1.807, 2.05) is 12.1 Å². The van der Waals surface area contributed by atoms with Crippen LogP contribution in [0.25, 0.3) is 0 Å². The highest BCUT2D eigenvalue weighted by atomic mass is 16.1. The molecule has 2 aromatic rings. The molecule has 0 aliphatic carbocycles. The lowest BCUT2D eigenvalue weighted by atomic mass is 9.96. The van der Waals surface area contributed by atoms with Crippen molar-refractivity contribution < 1.29 is 0 Å². The molecule has 1 aliphatic rings. The smallest absolute Gasteiger partial charge is 0.303 e. The number of H-pyrrole nitrogens is 2. The van der Waals surface area contributed by atoms with E-state index >= 15 is 0 Å². The topological polar surface area (TPSA) is 73.6 Å². The number of aromatic nitrogens is 3. The van der Waals surface area contributed by atoms with E-state index in [-0.39, 0.29) is 11.7 Å². The molecule has 16 heavy (non-hydrogen) atoms. The molecule has 2 heterocycles. The molecule has 5 heteroatoms. The molecule has 0 saturated carbocycles. The minimum Gasteiger partial charge on any atom is -0.303 e. The molecule has 5 nitrogen and oxygen atoms in total. The van der Waals surface area contributed by atoms with Crippen LogP contribution in [0.2, 0.25) is 0 Å². The van der Waals surface area contributed by atoms with Crippen LogP contribution in [0.5, 0.6) is 0 Å². The molecule has 0 amide bonds. The summed E-state index contributed by atoms with van der Waals surface area (Å²) in [6.45, 7) is 0.815. The van der Waals surface area contributed by atoms with Gasteiger partial charge in [-0.3, -0.25) is 4.98 Å². The highest BCUT2D eigenvalue weighted by Gasteiger charge is 2.21. The summed E-state index contributed by atoms with van der Waals surface area (Å²) in [4.78, 5) is 13.7. The third-order valence-corrected chi connectivity index (χ3v) is 2.93. The number of rotatable bonds is 1. The van der Waals surface area contributed by atoms with Crippen molar-refractivity contribution >= 4 is 0 Å². The van der Waals surface area contributed by atoms with E-state index in [4.69, 9.17) is 0 Å². The molecule has 0 radical (unpaired) electrons. The Labute approximate surface area is 91.9 Å². The molecule has 1 aromatic heterocycles. The third-order valence-electron chi connectivity index (χ3n) is 2.93. The lowest BCUT2D eigenvalue weighted by molar-refractivity contribution is 0.477. The molecule has 82 valence electrons. The van der Waals surface area contributed by atoms with Crippen molar-refractivity contribution in [2.75, 3.05) is 0 Å². The quantitative estimate of drug-likeness (QED) is 0.649. The van der Waals surface area contributed by atoms with Crippen LogP contribution in [0.1, 0.15) is 23.0 Å². The normalized spacial score (nSPS) is 19.4. The molecule has 1 atom stereocenters. The molecule has 0 saturated heterocycles. The summed E-state index contributed by atoms with van der Waals surface area (Å²) in [6, 6.07) is 8.40. The summed E-state index contributed by atoms with van der Waals surface area (Å²) in [5, 5.41) is 9.70. The second-order valence-corrected chi connectivity index (χ2v) is 3.97. The van der Waals surface area contributed by atoms with Crippen LogP contribution in [0.4, 0.5) is 0 Å². The van der Waals surface area contributed by atoms with Crippen molar-refractivity contribution in [2.45, 2.75) is 19.0 Å². The molecule has 3 rings (SSSR count). The van der Waals surface area contributed by atoms with Gasteiger partial charge in [0.25, 0.3) is 0 Å². The zero-order valence-corrected chi connectivity index (χ0v) is 8.66. The Hall–Kier alpha value is -1.88. The zero-order valence-electron chi connectivity index (χ0n) is 8.66. The van der Waals surface area contributed by atoms with Gasteiger partial charge >= 0.3 is 5.69 Å². The molecule has 3 N–H and O–H groups in total. The van der Waals surface area contributed by atoms with Crippen molar-refractivity contribution in [2.24, 2.45) is 0 Å². The molecule has 0 spiro atoms. The summed E-state index contributed by atoms with van der Waals surface area (Å²) >= 11 is 0. The van der Waals surface area contributed by atoms with Gasteiger partial charge in [-0.2, -0.15) is 5.10 Å². The number of nitrogens with one attached hydrogen (secondary N) is 3. The van der Waals surface area contributed by atoms with E-state index in [0.717, 1.165) is 13.0 Å². The minimum atomic E-state index is -0.254. The van der Waals surface area contributed by atoms with E-state index in [1.165, 1.54) is 11.1 Å². The standard InChI is InChI=1S/C11H12N4O/c16-11-13-10(14-15-11)9-5-7-3-1-2-4-8(7)6-12-9/h1-4,9,12H,5-6H2,(H2,13,14,15,16)/t9-/m1/s1. The SMILES string of the molecule is O=c1[nH]nc([C@H]2Cc3ccccc3CN2)[nH]1. The molecule has 0 bridgehead atoms. The first kappa shape index (κ1) is 9.35. The highest BCUT2D eigenvalue weighted by Crippen LogP contribution is 2.22. The van der Waals surface area contributed by atoms with E-state index in [9.17, 15) is 4.79 Å². The van der Waals surface area contributed by atoms with E-state index in [0.29, 0.717) is 5.82 Å². The first-order valence-corrected chi connectivity index (χ1v) is 5.27. The lowest BCUT2D eigenvalue weighted by Crippen LogP contribution is -2.29. The van der Waals surface area contributed by atoms with Gasteiger partial charge in [0.05, 0.1) is 6.04 Å². The van der Waals surface area contributed by atoms with Gasteiger partial charge in [0.1, 0.15) is 5.82 Å². The predicted molar refractivity (Wildman–Crippen MR) is 58.9 cm³/mol. The van der Waals surface area contributed by atoms with Crippen molar-refractivity contribution in [1.82, 2.24) is 20.5 Å². The second-order valence-electron chi connectivity index (χ2n) is 3.97. The van der Waals surface area contributed by atoms with Crippen LogP contribution < -0.4 is 11.0 Å². The number of nitrogens with zero attached hydrogens (tertiary/aromatic N) is 1. The van der Waals surface area contributed by atoms with Gasteiger partial charge in [0.2, 0.25) is 0 Å². The fourth-order valence-electron chi connectivity index (χ4n) is 2.10. The Morgan fingerprint density at radius 1 is 1.25 bits per heavy atom. The van der Waals surface area contributed by atoms with E-state index in [2.05, 4.69) is 32.6 Å². The Morgan fingerprint density at radius 3 is 2.81 bits per heavy atom. The Bertz CT molecular complexity index is 557.